The van der Waals surface area contributed by atoms with Gasteiger partial charge in [0.2, 0.25) is 0 Å². The fraction of sp³-hybridized carbons (Fsp3) is 0.882. The van der Waals surface area contributed by atoms with Crippen LogP contribution in [0.3, 0.4) is 0 Å². The molecule has 19 heavy (non-hydrogen) atoms. The Morgan fingerprint density at radius 1 is 1.21 bits per heavy atom. The van der Waals surface area contributed by atoms with Crippen LogP contribution in [0.15, 0.2) is 11.8 Å². The Bertz CT molecular complexity index is 351. The van der Waals surface area contributed by atoms with E-state index in [-0.39, 0.29) is 0 Å². The quantitative estimate of drug-likeness (QED) is 0.836. The second-order valence-electron chi connectivity index (χ2n) is 7.51. The fourth-order valence-electron chi connectivity index (χ4n) is 5.99. The number of ether oxygens (including phenoxy) is 1. The summed E-state index contributed by atoms with van der Waals surface area (Å²) in [5.74, 6) is 4.35. The molecule has 4 bridgehead atoms. The van der Waals surface area contributed by atoms with Gasteiger partial charge in [-0.15, -0.1) is 0 Å². The van der Waals surface area contributed by atoms with Crippen LogP contribution in [-0.4, -0.2) is 19.2 Å². The standard InChI is InChI=1S/C17H27NO/c1-2-18-16(15-4-3-5-19-15)17-9-12-6-13(10-17)8-14(7-12)11-17/h4,12-14,16,18H,2-3,5-11H2,1H3. The zero-order chi connectivity index (χ0) is 12.9. The van der Waals surface area contributed by atoms with Gasteiger partial charge in [-0.2, -0.15) is 0 Å². The maximum absolute atomic E-state index is 5.96. The van der Waals surface area contributed by atoms with E-state index in [9.17, 15) is 0 Å². The summed E-state index contributed by atoms with van der Waals surface area (Å²) in [7, 11) is 0. The van der Waals surface area contributed by atoms with Crippen LogP contribution >= 0.6 is 0 Å². The molecule has 0 radical (unpaired) electrons. The van der Waals surface area contributed by atoms with Gasteiger partial charge in [-0.05, 0) is 74.3 Å². The lowest BCUT2D eigenvalue weighted by Crippen LogP contribution is -2.56. The molecular formula is C17H27NO. The second-order valence-corrected chi connectivity index (χ2v) is 7.51. The molecule has 1 unspecified atom stereocenters. The van der Waals surface area contributed by atoms with E-state index in [0.29, 0.717) is 11.5 Å². The topological polar surface area (TPSA) is 21.3 Å². The summed E-state index contributed by atoms with van der Waals surface area (Å²) in [5, 5.41) is 3.79. The molecule has 0 aromatic rings. The maximum atomic E-state index is 5.96. The molecule has 5 aliphatic rings. The molecule has 0 aromatic heterocycles. The third-order valence-corrected chi connectivity index (χ3v) is 6.12. The van der Waals surface area contributed by atoms with Gasteiger partial charge in [0.05, 0.1) is 12.6 Å². The van der Waals surface area contributed by atoms with Crippen LogP contribution in [0, 0.1) is 23.2 Å². The van der Waals surface area contributed by atoms with E-state index in [0.717, 1.165) is 37.3 Å². The predicted molar refractivity (Wildman–Crippen MR) is 76.7 cm³/mol. The number of hydrogen-bond donors (Lipinski definition) is 1. The average molecular weight is 261 g/mol. The lowest BCUT2D eigenvalue weighted by atomic mass is 9.47. The van der Waals surface area contributed by atoms with E-state index in [1.165, 1.54) is 44.3 Å². The van der Waals surface area contributed by atoms with Gasteiger partial charge in [0.15, 0.2) is 0 Å². The first kappa shape index (κ1) is 12.3. The Labute approximate surface area is 117 Å². The van der Waals surface area contributed by atoms with Crippen LogP contribution in [0.2, 0.25) is 0 Å². The first-order chi connectivity index (χ1) is 9.29. The van der Waals surface area contributed by atoms with Gasteiger partial charge in [0.1, 0.15) is 5.76 Å². The second kappa shape index (κ2) is 4.51. The Morgan fingerprint density at radius 2 is 1.84 bits per heavy atom. The van der Waals surface area contributed by atoms with Crippen molar-refractivity contribution in [3.8, 4) is 0 Å². The Morgan fingerprint density at radius 3 is 2.32 bits per heavy atom. The normalized spacial score (nSPS) is 45.1. The van der Waals surface area contributed by atoms with Crippen molar-refractivity contribution in [2.24, 2.45) is 23.2 Å². The van der Waals surface area contributed by atoms with E-state index in [4.69, 9.17) is 4.74 Å². The molecule has 4 saturated carbocycles. The summed E-state index contributed by atoms with van der Waals surface area (Å²) in [5.41, 5.74) is 0.529. The minimum Gasteiger partial charge on any atom is -0.496 e. The molecule has 0 spiro atoms. The molecule has 1 aliphatic heterocycles. The van der Waals surface area contributed by atoms with Crippen LogP contribution in [-0.2, 0) is 4.74 Å². The van der Waals surface area contributed by atoms with Crippen LogP contribution < -0.4 is 5.32 Å². The largest absolute Gasteiger partial charge is 0.496 e. The van der Waals surface area contributed by atoms with Crippen molar-refractivity contribution >= 4 is 0 Å². The summed E-state index contributed by atoms with van der Waals surface area (Å²) in [6.07, 6.45) is 12.4. The highest BCUT2D eigenvalue weighted by molar-refractivity contribution is 5.17. The maximum Gasteiger partial charge on any atom is 0.110 e. The van der Waals surface area contributed by atoms with Crippen LogP contribution in [0.1, 0.15) is 51.9 Å². The first-order valence-corrected chi connectivity index (χ1v) is 8.35. The van der Waals surface area contributed by atoms with Crippen molar-refractivity contribution in [3.05, 3.63) is 11.8 Å². The molecule has 2 heteroatoms. The van der Waals surface area contributed by atoms with Gasteiger partial charge >= 0.3 is 0 Å². The number of nitrogens with one attached hydrogen (secondary N) is 1. The Hall–Kier alpha value is -0.500. The molecule has 0 aromatic carbocycles. The van der Waals surface area contributed by atoms with Crippen molar-refractivity contribution in [3.63, 3.8) is 0 Å². The third-order valence-electron chi connectivity index (χ3n) is 6.12. The molecule has 1 heterocycles. The molecule has 2 nitrogen and oxygen atoms in total. The zero-order valence-electron chi connectivity index (χ0n) is 12.2. The molecule has 1 N–H and O–H groups in total. The number of hydrogen-bond acceptors (Lipinski definition) is 2. The van der Waals surface area contributed by atoms with Gasteiger partial charge in [0.25, 0.3) is 0 Å². The average Bonchev–Trinajstić information content (AvgIpc) is 2.87. The summed E-state index contributed by atoms with van der Waals surface area (Å²) in [6.45, 7) is 4.21. The molecule has 0 amide bonds. The minimum atomic E-state index is 0.508. The highest BCUT2D eigenvalue weighted by Crippen LogP contribution is 2.62. The summed E-state index contributed by atoms with van der Waals surface area (Å²) in [6, 6.07) is 0.508. The molecular weight excluding hydrogens is 234 g/mol. The monoisotopic (exact) mass is 261 g/mol. The number of rotatable bonds is 4. The van der Waals surface area contributed by atoms with E-state index in [1.807, 2.05) is 0 Å². The van der Waals surface area contributed by atoms with Crippen molar-refractivity contribution in [1.82, 2.24) is 5.32 Å². The highest BCUT2D eigenvalue weighted by atomic mass is 16.5. The van der Waals surface area contributed by atoms with Crippen LogP contribution in [0.4, 0.5) is 0 Å². The van der Waals surface area contributed by atoms with Gasteiger partial charge < -0.3 is 10.1 Å². The van der Waals surface area contributed by atoms with E-state index in [1.54, 1.807) is 0 Å². The van der Waals surface area contributed by atoms with Gasteiger partial charge in [-0.1, -0.05) is 6.92 Å². The SMILES string of the molecule is CCNC(C1=CCCO1)C12CC3CC(CC(C3)C1)C2. The summed E-state index contributed by atoms with van der Waals surface area (Å²) < 4.78 is 5.96. The van der Waals surface area contributed by atoms with Crippen LogP contribution in [0.25, 0.3) is 0 Å². The van der Waals surface area contributed by atoms with E-state index < -0.39 is 0 Å². The molecule has 4 fully saturated rings. The van der Waals surface area contributed by atoms with Crippen LogP contribution in [0.5, 0.6) is 0 Å². The first-order valence-electron chi connectivity index (χ1n) is 8.35. The Kier molecular flexibility index (Phi) is 2.91. The molecule has 5 rings (SSSR count). The molecule has 106 valence electrons. The van der Waals surface area contributed by atoms with Gasteiger partial charge in [-0.25, -0.2) is 0 Å². The minimum absolute atomic E-state index is 0.508. The Balaban J connectivity index is 1.64. The lowest BCUT2D eigenvalue weighted by molar-refractivity contribution is -0.0742. The molecule has 1 atom stereocenters. The highest BCUT2D eigenvalue weighted by Gasteiger charge is 2.55. The zero-order valence-corrected chi connectivity index (χ0v) is 12.2. The van der Waals surface area contributed by atoms with Crippen molar-refractivity contribution in [2.75, 3.05) is 13.2 Å². The molecule has 0 saturated heterocycles. The summed E-state index contributed by atoms with van der Waals surface area (Å²) >= 11 is 0. The number of likely N-dealkylation sites (N-methyl/N-ethyl adjacent to an activating group) is 1. The van der Waals surface area contributed by atoms with Crippen molar-refractivity contribution in [1.29, 1.82) is 0 Å². The van der Waals surface area contributed by atoms with Crippen molar-refractivity contribution in [2.45, 2.75) is 57.9 Å². The summed E-state index contributed by atoms with van der Waals surface area (Å²) in [4.78, 5) is 0. The van der Waals surface area contributed by atoms with E-state index >= 15 is 0 Å². The predicted octanol–water partition coefficient (Wildman–Crippen LogP) is 3.49. The van der Waals surface area contributed by atoms with E-state index in [2.05, 4.69) is 18.3 Å². The smallest absolute Gasteiger partial charge is 0.110 e. The van der Waals surface area contributed by atoms with Gasteiger partial charge in [0, 0.05) is 6.42 Å². The third kappa shape index (κ3) is 1.94. The van der Waals surface area contributed by atoms with Gasteiger partial charge in [-0.3, -0.25) is 0 Å². The lowest BCUT2D eigenvalue weighted by Gasteiger charge is -2.59. The van der Waals surface area contributed by atoms with Crippen molar-refractivity contribution < 1.29 is 4.74 Å². The fourth-order valence-corrected chi connectivity index (χ4v) is 5.99. The molecule has 4 aliphatic carbocycles.